The minimum atomic E-state index is -0.485. The van der Waals surface area contributed by atoms with Gasteiger partial charge in [-0.1, -0.05) is 11.6 Å². The lowest BCUT2D eigenvalue weighted by atomic mass is 10.3. The second kappa shape index (κ2) is 5.87. The zero-order chi connectivity index (χ0) is 14.8. The molecule has 2 aromatic heterocycles. The first-order valence-electron chi connectivity index (χ1n) is 6.50. The van der Waals surface area contributed by atoms with Crippen molar-refractivity contribution in [2.75, 3.05) is 36.0 Å². The van der Waals surface area contributed by atoms with Crippen molar-refractivity contribution in [3.8, 4) is 0 Å². The van der Waals surface area contributed by atoms with Crippen LogP contribution in [-0.4, -0.2) is 42.1 Å². The first-order chi connectivity index (χ1) is 10.1. The van der Waals surface area contributed by atoms with Crippen molar-refractivity contribution >= 4 is 39.8 Å². The van der Waals surface area contributed by atoms with E-state index >= 15 is 0 Å². The Labute approximate surface area is 131 Å². The van der Waals surface area contributed by atoms with Crippen LogP contribution in [0, 0.1) is 0 Å². The topological polar surface area (TPSA) is 75.4 Å². The second-order valence-electron chi connectivity index (χ2n) is 4.69. The lowest BCUT2D eigenvalue weighted by molar-refractivity contribution is 0.0996. The Morgan fingerprint density at radius 2 is 1.95 bits per heavy atom. The van der Waals surface area contributed by atoms with E-state index in [1.807, 2.05) is 12.1 Å². The Balaban J connectivity index is 1.64. The van der Waals surface area contributed by atoms with Gasteiger partial charge in [0.25, 0.3) is 5.91 Å². The summed E-state index contributed by atoms with van der Waals surface area (Å²) in [6.45, 7) is 3.35. The van der Waals surface area contributed by atoms with E-state index in [4.69, 9.17) is 17.3 Å². The van der Waals surface area contributed by atoms with Crippen LogP contribution < -0.4 is 15.5 Å². The third-order valence-corrected chi connectivity index (χ3v) is 4.46. The minimum Gasteiger partial charge on any atom is -0.364 e. The molecule has 2 aromatic rings. The molecule has 0 saturated carbocycles. The van der Waals surface area contributed by atoms with Crippen LogP contribution in [0.1, 0.15) is 10.5 Å². The molecule has 21 heavy (non-hydrogen) atoms. The van der Waals surface area contributed by atoms with E-state index in [2.05, 4.69) is 19.8 Å². The van der Waals surface area contributed by atoms with Crippen molar-refractivity contribution in [1.82, 2.24) is 9.97 Å². The van der Waals surface area contributed by atoms with Crippen LogP contribution in [0.15, 0.2) is 23.7 Å². The molecule has 0 radical (unpaired) electrons. The Morgan fingerprint density at radius 1 is 1.24 bits per heavy atom. The molecule has 0 unspecified atom stereocenters. The number of aromatic nitrogens is 2. The molecule has 2 N–H and O–H groups in total. The fraction of sp³-hybridized carbons (Fsp3) is 0.308. The highest BCUT2D eigenvalue weighted by Crippen LogP contribution is 2.23. The van der Waals surface area contributed by atoms with Crippen molar-refractivity contribution < 1.29 is 4.79 Å². The summed E-state index contributed by atoms with van der Waals surface area (Å²) in [6.07, 6.45) is 1.66. The highest BCUT2D eigenvalue weighted by Gasteiger charge is 2.21. The number of carbonyl (C=O) groups is 1. The Kier molecular flexibility index (Phi) is 3.94. The number of pyridine rings is 1. The summed E-state index contributed by atoms with van der Waals surface area (Å²) >= 11 is 7.29. The zero-order valence-corrected chi connectivity index (χ0v) is 12.8. The van der Waals surface area contributed by atoms with Gasteiger partial charge in [-0.3, -0.25) is 4.79 Å². The van der Waals surface area contributed by atoms with Gasteiger partial charge in [0.15, 0.2) is 5.13 Å². The zero-order valence-electron chi connectivity index (χ0n) is 11.2. The standard InChI is InChI=1S/C13H14ClN5OS/c14-9-1-2-11(16-7-9)18-3-5-19(6-4-18)13-17-10(8-21-13)12(15)20/h1-2,7-8H,3-6H2,(H2,15,20). The third kappa shape index (κ3) is 3.08. The van der Waals surface area contributed by atoms with Crippen LogP contribution in [0.5, 0.6) is 0 Å². The lowest BCUT2D eigenvalue weighted by Gasteiger charge is -2.35. The van der Waals surface area contributed by atoms with Gasteiger partial charge in [0, 0.05) is 37.8 Å². The van der Waals surface area contributed by atoms with E-state index in [1.54, 1.807) is 11.6 Å². The molecule has 3 rings (SSSR count). The molecule has 0 aromatic carbocycles. The van der Waals surface area contributed by atoms with Gasteiger partial charge in [-0.2, -0.15) is 0 Å². The first kappa shape index (κ1) is 14.1. The minimum absolute atomic E-state index is 0.330. The van der Waals surface area contributed by atoms with Gasteiger partial charge < -0.3 is 15.5 Å². The number of halogens is 1. The quantitative estimate of drug-likeness (QED) is 0.929. The highest BCUT2D eigenvalue weighted by atomic mass is 35.5. The molecule has 6 nitrogen and oxygen atoms in total. The predicted octanol–water partition coefficient (Wildman–Crippen LogP) is 1.62. The van der Waals surface area contributed by atoms with Crippen LogP contribution in [0.3, 0.4) is 0 Å². The molecule has 1 aliphatic rings. The number of hydrogen-bond acceptors (Lipinski definition) is 6. The summed E-state index contributed by atoms with van der Waals surface area (Å²) in [6, 6.07) is 3.77. The monoisotopic (exact) mass is 323 g/mol. The van der Waals surface area contributed by atoms with E-state index < -0.39 is 5.91 Å². The number of nitrogens with zero attached hydrogens (tertiary/aromatic N) is 4. The Bertz CT molecular complexity index is 636. The number of carbonyl (C=O) groups excluding carboxylic acids is 1. The van der Waals surface area contributed by atoms with E-state index in [0.717, 1.165) is 37.1 Å². The molecule has 110 valence electrons. The molecule has 3 heterocycles. The molecule has 0 atom stereocenters. The smallest absolute Gasteiger partial charge is 0.268 e. The largest absolute Gasteiger partial charge is 0.364 e. The number of piperazine rings is 1. The van der Waals surface area contributed by atoms with Gasteiger partial charge >= 0.3 is 0 Å². The van der Waals surface area contributed by atoms with Gasteiger partial charge in [0.05, 0.1) is 5.02 Å². The predicted molar refractivity (Wildman–Crippen MR) is 84.3 cm³/mol. The highest BCUT2D eigenvalue weighted by molar-refractivity contribution is 7.13. The molecule has 0 spiro atoms. The van der Waals surface area contributed by atoms with E-state index in [-0.39, 0.29) is 0 Å². The van der Waals surface area contributed by atoms with Gasteiger partial charge in [-0.25, -0.2) is 9.97 Å². The molecule has 1 saturated heterocycles. The molecular weight excluding hydrogens is 310 g/mol. The number of amides is 1. The van der Waals surface area contributed by atoms with E-state index in [1.165, 1.54) is 11.3 Å². The number of rotatable bonds is 3. The fourth-order valence-electron chi connectivity index (χ4n) is 2.20. The average Bonchev–Trinajstić information content (AvgIpc) is 2.98. The maximum Gasteiger partial charge on any atom is 0.268 e. The number of thiazole rings is 1. The number of hydrogen-bond donors (Lipinski definition) is 1. The van der Waals surface area contributed by atoms with Crippen molar-refractivity contribution in [2.45, 2.75) is 0 Å². The summed E-state index contributed by atoms with van der Waals surface area (Å²) in [5.41, 5.74) is 5.56. The average molecular weight is 324 g/mol. The first-order valence-corrected chi connectivity index (χ1v) is 7.76. The van der Waals surface area contributed by atoms with Gasteiger partial charge in [-0.15, -0.1) is 11.3 Å². The maximum absolute atomic E-state index is 11.1. The number of primary amides is 1. The number of nitrogens with two attached hydrogens (primary N) is 1. The van der Waals surface area contributed by atoms with E-state index in [0.29, 0.717) is 10.7 Å². The molecule has 1 aliphatic heterocycles. The lowest BCUT2D eigenvalue weighted by Crippen LogP contribution is -2.46. The molecule has 8 heteroatoms. The molecular formula is C13H14ClN5OS. The van der Waals surface area contributed by atoms with Crippen LogP contribution in [-0.2, 0) is 0 Å². The van der Waals surface area contributed by atoms with Crippen LogP contribution in [0.4, 0.5) is 10.9 Å². The van der Waals surface area contributed by atoms with Gasteiger partial charge in [0.2, 0.25) is 0 Å². The Hall–Kier alpha value is -1.86. The van der Waals surface area contributed by atoms with E-state index in [9.17, 15) is 4.79 Å². The third-order valence-electron chi connectivity index (χ3n) is 3.33. The van der Waals surface area contributed by atoms with Gasteiger partial charge in [-0.05, 0) is 12.1 Å². The summed E-state index contributed by atoms with van der Waals surface area (Å²) in [7, 11) is 0. The van der Waals surface area contributed by atoms with Crippen molar-refractivity contribution in [1.29, 1.82) is 0 Å². The van der Waals surface area contributed by atoms with Crippen molar-refractivity contribution in [3.63, 3.8) is 0 Å². The second-order valence-corrected chi connectivity index (χ2v) is 5.96. The summed E-state index contributed by atoms with van der Waals surface area (Å²) < 4.78 is 0. The molecule has 1 amide bonds. The fourth-order valence-corrected chi connectivity index (χ4v) is 3.18. The number of anilines is 2. The summed E-state index contributed by atoms with van der Waals surface area (Å²) in [4.78, 5) is 24.0. The Morgan fingerprint density at radius 3 is 2.52 bits per heavy atom. The SMILES string of the molecule is NC(=O)c1csc(N2CCN(c3ccc(Cl)cn3)CC2)n1. The van der Waals surface area contributed by atoms with Crippen LogP contribution in [0.25, 0.3) is 0 Å². The molecule has 0 bridgehead atoms. The normalized spacial score (nSPS) is 15.3. The van der Waals surface area contributed by atoms with Gasteiger partial charge in [0.1, 0.15) is 11.5 Å². The van der Waals surface area contributed by atoms with Crippen LogP contribution in [0.2, 0.25) is 5.02 Å². The molecule has 1 fully saturated rings. The van der Waals surface area contributed by atoms with Crippen molar-refractivity contribution in [3.05, 3.63) is 34.4 Å². The summed E-state index contributed by atoms with van der Waals surface area (Å²) in [5.74, 6) is 0.442. The maximum atomic E-state index is 11.1. The van der Waals surface area contributed by atoms with Crippen molar-refractivity contribution in [2.24, 2.45) is 5.73 Å². The summed E-state index contributed by atoms with van der Waals surface area (Å²) in [5, 5.41) is 3.18. The molecule has 0 aliphatic carbocycles. The van der Waals surface area contributed by atoms with Crippen LogP contribution >= 0.6 is 22.9 Å².